The van der Waals surface area contributed by atoms with Crippen LogP contribution >= 0.6 is 0 Å². The summed E-state index contributed by atoms with van der Waals surface area (Å²) in [7, 11) is 1.35. The Morgan fingerprint density at radius 2 is 1.88 bits per heavy atom. The molecule has 26 heavy (non-hydrogen) atoms. The molecule has 3 rings (SSSR count). The van der Waals surface area contributed by atoms with Crippen molar-refractivity contribution in [1.82, 2.24) is 15.2 Å². The number of anilines is 4. The first-order valence-electron chi connectivity index (χ1n) is 8.05. The van der Waals surface area contributed by atoms with E-state index < -0.39 is 5.97 Å². The first-order chi connectivity index (χ1) is 12.6. The summed E-state index contributed by atoms with van der Waals surface area (Å²) in [5, 5.41) is 14.2. The molecule has 0 amide bonds. The number of methoxy groups -OCH3 is 1. The van der Waals surface area contributed by atoms with Gasteiger partial charge in [-0.3, -0.25) is 0 Å². The van der Waals surface area contributed by atoms with Gasteiger partial charge in [0.2, 0.25) is 5.95 Å². The fourth-order valence-corrected chi connectivity index (χ4v) is 2.41. The molecule has 7 nitrogen and oxygen atoms in total. The number of nitrogens with zero attached hydrogens (tertiary/aromatic N) is 3. The topological polar surface area (TPSA) is 89.0 Å². The maximum Gasteiger partial charge on any atom is 0.337 e. The van der Waals surface area contributed by atoms with Crippen LogP contribution in [0.1, 0.15) is 21.5 Å². The third-order valence-electron chi connectivity index (χ3n) is 3.97. The number of benzene rings is 2. The van der Waals surface area contributed by atoms with Gasteiger partial charge >= 0.3 is 5.97 Å². The van der Waals surface area contributed by atoms with Gasteiger partial charge in [0.25, 0.3) is 0 Å². The average molecular weight is 349 g/mol. The maximum absolute atomic E-state index is 11.6. The third kappa shape index (κ3) is 3.94. The van der Waals surface area contributed by atoms with Crippen LogP contribution in [-0.2, 0) is 4.74 Å². The number of hydrogen-bond acceptors (Lipinski definition) is 7. The number of esters is 1. The molecule has 0 saturated carbocycles. The van der Waals surface area contributed by atoms with Crippen molar-refractivity contribution in [3.8, 4) is 0 Å². The van der Waals surface area contributed by atoms with Gasteiger partial charge in [0.15, 0.2) is 5.82 Å². The normalized spacial score (nSPS) is 10.3. The maximum atomic E-state index is 11.6. The highest BCUT2D eigenvalue weighted by molar-refractivity contribution is 5.90. The zero-order valence-electron chi connectivity index (χ0n) is 14.8. The number of rotatable bonds is 5. The standard InChI is InChI=1S/C19H19N5O2/c1-12-6-4-9-16(13(12)2)22-17-11-20-24-19(23-17)21-15-8-5-7-14(10-15)18(25)26-3/h4-11H,1-3H3,(H2,21,22,23,24). The SMILES string of the molecule is COC(=O)c1cccc(Nc2nncc(Nc3cccc(C)c3C)n2)c1. The number of carbonyl (C=O) groups is 1. The van der Waals surface area contributed by atoms with Crippen LogP contribution < -0.4 is 10.6 Å². The summed E-state index contributed by atoms with van der Waals surface area (Å²) in [6.07, 6.45) is 1.55. The molecular weight excluding hydrogens is 330 g/mol. The second-order valence-electron chi connectivity index (χ2n) is 5.74. The molecule has 2 N–H and O–H groups in total. The monoisotopic (exact) mass is 349 g/mol. The zero-order chi connectivity index (χ0) is 18.5. The van der Waals surface area contributed by atoms with Crippen LogP contribution in [0.25, 0.3) is 0 Å². The highest BCUT2D eigenvalue weighted by Gasteiger charge is 2.08. The third-order valence-corrected chi connectivity index (χ3v) is 3.97. The number of aryl methyl sites for hydroxylation is 1. The molecule has 3 aromatic rings. The summed E-state index contributed by atoms with van der Waals surface area (Å²) in [4.78, 5) is 16.0. The van der Waals surface area contributed by atoms with E-state index in [-0.39, 0.29) is 0 Å². The van der Waals surface area contributed by atoms with Crippen LogP contribution in [0, 0.1) is 13.8 Å². The van der Waals surface area contributed by atoms with E-state index in [1.165, 1.54) is 12.7 Å². The highest BCUT2D eigenvalue weighted by Crippen LogP contribution is 2.22. The number of aromatic nitrogens is 3. The molecule has 0 aliphatic heterocycles. The molecule has 0 radical (unpaired) electrons. The van der Waals surface area contributed by atoms with Crippen LogP contribution in [0.15, 0.2) is 48.7 Å². The molecule has 0 aliphatic carbocycles. The van der Waals surface area contributed by atoms with E-state index in [2.05, 4.69) is 38.8 Å². The van der Waals surface area contributed by atoms with Gasteiger partial charge in [0.1, 0.15) is 0 Å². The number of carbonyl (C=O) groups excluding carboxylic acids is 1. The predicted octanol–water partition coefficient (Wildman–Crippen LogP) is 3.76. The second-order valence-corrected chi connectivity index (χ2v) is 5.74. The Bertz CT molecular complexity index is 943. The Morgan fingerprint density at radius 1 is 1.08 bits per heavy atom. The fraction of sp³-hybridized carbons (Fsp3) is 0.158. The van der Waals surface area contributed by atoms with Gasteiger partial charge in [-0.1, -0.05) is 18.2 Å². The van der Waals surface area contributed by atoms with Gasteiger partial charge in [-0.2, -0.15) is 10.1 Å². The van der Waals surface area contributed by atoms with Gasteiger partial charge in [-0.05, 0) is 49.2 Å². The van der Waals surface area contributed by atoms with Crippen molar-refractivity contribution in [3.05, 3.63) is 65.4 Å². The lowest BCUT2D eigenvalue weighted by molar-refractivity contribution is 0.0601. The molecule has 0 saturated heterocycles. The van der Waals surface area contributed by atoms with Crippen molar-refractivity contribution in [3.63, 3.8) is 0 Å². The van der Waals surface area contributed by atoms with E-state index in [1.807, 2.05) is 19.1 Å². The van der Waals surface area contributed by atoms with Crippen LogP contribution in [0.2, 0.25) is 0 Å². The Hall–Kier alpha value is -3.48. The Morgan fingerprint density at radius 3 is 2.69 bits per heavy atom. The van der Waals surface area contributed by atoms with E-state index in [1.54, 1.807) is 30.5 Å². The lowest BCUT2D eigenvalue weighted by Crippen LogP contribution is -2.05. The minimum absolute atomic E-state index is 0.322. The van der Waals surface area contributed by atoms with Gasteiger partial charge in [-0.25, -0.2) is 4.79 Å². The molecule has 0 fully saturated rings. The molecule has 2 aromatic carbocycles. The van der Waals surface area contributed by atoms with Gasteiger partial charge in [-0.15, -0.1) is 5.10 Å². The van der Waals surface area contributed by atoms with E-state index in [0.29, 0.717) is 23.0 Å². The van der Waals surface area contributed by atoms with E-state index in [0.717, 1.165) is 11.3 Å². The first-order valence-corrected chi connectivity index (χ1v) is 8.05. The summed E-state index contributed by atoms with van der Waals surface area (Å²) in [6.45, 7) is 4.10. The number of ether oxygens (including phenoxy) is 1. The van der Waals surface area contributed by atoms with Crippen molar-refractivity contribution < 1.29 is 9.53 Å². The molecule has 0 bridgehead atoms. The molecule has 1 aromatic heterocycles. The van der Waals surface area contributed by atoms with E-state index in [9.17, 15) is 4.79 Å². The quantitative estimate of drug-likeness (QED) is 0.678. The zero-order valence-corrected chi connectivity index (χ0v) is 14.8. The van der Waals surface area contributed by atoms with E-state index >= 15 is 0 Å². The van der Waals surface area contributed by atoms with Crippen molar-refractivity contribution in [2.45, 2.75) is 13.8 Å². The van der Waals surface area contributed by atoms with Crippen LogP contribution in [0.3, 0.4) is 0 Å². The van der Waals surface area contributed by atoms with Crippen LogP contribution in [0.4, 0.5) is 23.1 Å². The minimum atomic E-state index is -0.405. The summed E-state index contributed by atoms with van der Waals surface area (Å²) < 4.78 is 4.73. The van der Waals surface area contributed by atoms with Gasteiger partial charge in [0, 0.05) is 11.4 Å². The Balaban J connectivity index is 1.80. The summed E-state index contributed by atoms with van der Waals surface area (Å²) in [5.74, 6) is 0.487. The summed E-state index contributed by atoms with van der Waals surface area (Å²) in [5.41, 5.74) is 4.40. The Kier molecular flexibility index (Phi) is 5.07. The lowest BCUT2D eigenvalue weighted by Gasteiger charge is -2.11. The molecule has 7 heteroatoms. The van der Waals surface area contributed by atoms with Crippen molar-refractivity contribution >= 4 is 29.1 Å². The predicted molar refractivity (Wildman–Crippen MR) is 100 cm³/mol. The van der Waals surface area contributed by atoms with Crippen molar-refractivity contribution in [2.24, 2.45) is 0 Å². The lowest BCUT2D eigenvalue weighted by atomic mass is 10.1. The van der Waals surface area contributed by atoms with Crippen molar-refractivity contribution in [1.29, 1.82) is 0 Å². The van der Waals surface area contributed by atoms with Gasteiger partial charge in [0.05, 0.1) is 18.9 Å². The fourth-order valence-electron chi connectivity index (χ4n) is 2.41. The molecule has 132 valence electrons. The van der Waals surface area contributed by atoms with Crippen molar-refractivity contribution in [2.75, 3.05) is 17.7 Å². The van der Waals surface area contributed by atoms with Gasteiger partial charge < -0.3 is 15.4 Å². The molecule has 0 atom stereocenters. The average Bonchev–Trinajstić information content (AvgIpc) is 2.65. The second kappa shape index (κ2) is 7.60. The summed E-state index contributed by atoms with van der Waals surface area (Å²) >= 11 is 0. The van der Waals surface area contributed by atoms with Crippen LogP contribution in [-0.4, -0.2) is 28.3 Å². The molecule has 0 unspecified atom stereocenters. The van der Waals surface area contributed by atoms with Crippen LogP contribution in [0.5, 0.6) is 0 Å². The highest BCUT2D eigenvalue weighted by atomic mass is 16.5. The number of hydrogen-bond donors (Lipinski definition) is 2. The first kappa shape index (κ1) is 17.3. The Labute approximate surface area is 151 Å². The van der Waals surface area contributed by atoms with E-state index in [4.69, 9.17) is 4.74 Å². The minimum Gasteiger partial charge on any atom is -0.465 e. The molecular formula is C19H19N5O2. The number of nitrogens with one attached hydrogen (secondary N) is 2. The summed E-state index contributed by atoms with van der Waals surface area (Å²) in [6, 6.07) is 12.9. The molecule has 1 heterocycles. The largest absolute Gasteiger partial charge is 0.465 e. The smallest absolute Gasteiger partial charge is 0.337 e. The molecule has 0 spiro atoms. The molecule has 0 aliphatic rings.